The Bertz CT molecular complexity index is 634. The van der Waals surface area contributed by atoms with Crippen molar-refractivity contribution in [2.24, 2.45) is 0 Å². The zero-order chi connectivity index (χ0) is 14.9. The number of nitrogens with one attached hydrogen (secondary N) is 1. The van der Waals surface area contributed by atoms with E-state index in [-0.39, 0.29) is 22.6 Å². The number of nitrogens with zero attached hydrogens (tertiary/aromatic N) is 1. The van der Waals surface area contributed by atoms with Gasteiger partial charge in [0.2, 0.25) is 0 Å². The van der Waals surface area contributed by atoms with Crippen molar-refractivity contribution < 1.29 is 13.2 Å². The number of carbonyl (C=O) groups excluding carboxylic acids is 1. The predicted molar refractivity (Wildman–Crippen MR) is 80.3 cm³/mol. The molecule has 1 aliphatic rings. The Morgan fingerprint density at radius 1 is 1.40 bits per heavy atom. The van der Waals surface area contributed by atoms with E-state index in [2.05, 4.69) is 5.32 Å². The molecule has 1 aliphatic heterocycles. The molecule has 1 aromatic carbocycles. The van der Waals surface area contributed by atoms with Crippen LogP contribution in [0.5, 0.6) is 0 Å². The van der Waals surface area contributed by atoms with Gasteiger partial charge in [0.05, 0.1) is 27.2 Å². The summed E-state index contributed by atoms with van der Waals surface area (Å²) in [4.78, 5) is 13.5. The number of rotatable bonds is 2. The zero-order valence-corrected chi connectivity index (χ0v) is 13.1. The lowest BCUT2D eigenvalue weighted by atomic mass is 10.2. The molecule has 1 fully saturated rings. The highest BCUT2D eigenvalue weighted by Crippen LogP contribution is 2.30. The summed E-state index contributed by atoms with van der Waals surface area (Å²) in [6, 6.07) is 4.20. The molecule has 0 spiro atoms. The smallest absolute Gasteiger partial charge is 0.321 e. The minimum Gasteiger partial charge on any atom is -0.324 e. The van der Waals surface area contributed by atoms with Crippen LogP contribution in [0.4, 0.5) is 10.5 Å². The topological polar surface area (TPSA) is 66.5 Å². The second-order valence-corrected chi connectivity index (χ2v) is 7.71. The first-order chi connectivity index (χ1) is 9.30. The Kier molecular flexibility index (Phi) is 4.46. The molecule has 1 unspecified atom stereocenters. The maximum absolute atomic E-state index is 12.1. The molecule has 1 heterocycles. The van der Waals surface area contributed by atoms with Gasteiger partial charge in [-0.15, -0.1) is 0 Å². The lowest BCUT2D eigenvalue weighted by molar-refractivity contribution is 0.209. The van der Waals surface area contributed by atoms with Crippen LogP contribution in [0.2, 0.25) is 10.0 Å². The van der Waals surface area contributed by atoms with Crippen molar-refractivity contribution in [1.82, 2.24) is 4.90 Å². The van der Waals surface area contributed by atoms with Crippen molar-refractivity contribution in [3.05, 3.63) is 28.2 Å². The number of sulfone groups is 1. The predicted octanol–water partition coefficient (Wildman–Crippen LogP) is 2.64. The first kappa shape index (κ1) is 15.4. The lowest BCUT2D eigenvalue weighted by Crippen LogP contribution is -2.40. The molecule has 0 bridgehead atoms. The van der Waals surface area contributed by atoms with Gasteiger partial charge in [-0.25, -0.2) is 13.2 Å². The highest BCUT2D eigenvalue weighted by Gasteiger charge is 2.32. The molecular weight excluding hydrogens is 323 g/mol. The minimum absolute atomic E-state index is 0.000196. The van der Waals surface area contributed by atoms with E-state index < -0.39 is 15.9 Å². The van der Waals surface area contributed by atoms with Crippen LogP contribution in [-0.2, 0) is 9.84 Å². The molecule has 20 heavy (non-hydrogen) atoms. The van der Waals surface area contributed by atoms with Gasteiger partial charge >= 0.3 is 6.03 Å². The van der Waals surface area contributed by atoms with Gasteiger partial charge in [0.25, 0.3) is 0 Å². The van der Waals surface area contributed by atoms with Crippen molar-refractivity contribution in [1.29, 1.82) is 0 Å². The maximum atomic E-state index is 12.1. The number of amides is 2. The fraction of sp³-hybridized carbons (Fsp3) is 0.417. The Balaban J connectivity index is 2.07. The van der Waals surface area contributed by atoms with E-state index in [1.165, 1.54) is 4.90 Å². The molecule has 1 atom stereocenters. The number of hydrogen-bond acceptors (Lipinski definition) is 3. The van der Waals surface area contributed by atoms with Crippen molar-refractivity contribution in [2.75, 3.05) is 23.9 Å². The lowest BCUT2D eigenvalue weighted by Gasteiger charge is -2.24. The quantitative estimate of drug-likeness (QED) is 0.902. The summed E-state index contributed by atoms with van der Waals surface area (Å²) in [5.41, 5.74) is 0.400. The van der Waals surface area contributed by atoms with Gasteiger partial charge in [0, 0.05) is 13.1 Å². The van der Waals surface area contributed by atoms with E-state index in [0.717, 1.165) is 0 Å². The molecule has 0 aromatic heterocycles. The van der Waals surface area contributed by atoms with Gasteiger partial charge in [-0.05, 0) is 18.6 Å². The van der Waals surface area contributed by atoms with Crippen LogP contribution >= 0.6 is 23.2 Å². The second kappa shape index (κ2) is 5.79. The molecule has 0 saturated carbocycles. The highest BCUT2D eigenvalue weighted by molar-refractivity contribution is 7.91. The average Bonchev–Trinajstić information content (AvgIpc) is 2.74. The SMILES string of the molecule is CN(C(=O)Nc1cccc(Cl)c1Cl)C1CCS(=O)(=O)C1. The largest absolute Gasteiger partial charge is 0.324 e. The maximum Gasteiger partial charge on any atom is 0.321 e. The van der Waals surface area contributed by atoms with E-state index in [9.17, 15) is 13.2 Å². The molecule has 0 radical (unpaired) electrons. The van der Waals surface area contributed by atoms with Gasteiger partial charge in [-0.3, -0.25) is 0 Å². The van der Waals surface area contributed by atoms with Crippen LogP contribution < -0.4 is 5.32 Å². The van der Waals surface area contributed by atoms with Crippen molar-refractivity contribution in [3.63, 3.8) is 0 Å². The number of carbonyl (C=O) groups is 1. The third-order valence-corrected chi connectivity index (χ3v) is 5.84. The zero-order valence-electron chi connectivity index (χ0n) is 10.8. The molecule has 2 rings (SSSR count). The fourth-order valence-corrected chi connectivity index (χ4v) is 4.17. The molecule has 110 valence electrons. The van der Waals surface area contributed by atoms with E-state index in [4.69, 9.17) is 23.2 Å². The average molecular weight is 337 g/mol. The monoisotopic (exact) mass is 336 g/mol. The van der Waals surface area contributed by atoms with E-state index in [1.54, 1.807) is 25.2 Å². The molecule has 1 N–H and O–H groups in total. The summed E-state index contributed by atoms with van der Waals surface area (Å²) in [6.45, 7) is 0. The van der Waals surface area contributed by atoms with Gasteiger partial charge in [0.15, 0.2) is 9.84 Å². The summed E-state index contributed by atoms with van der Waals surface area (Å²) in [5.74, 6) is 0.118. The number of hydrogen-bond donors (Lipinski definition) is 1. The first-order valence-electron chi connectivity index (χ1n) is 5.98. The van der Waals surface area contributed by atoms with Crippen molar-refractivity contribution in [2.45, 2.75) is 12.5 Å². The summed E-state index contributed by atoms with van der Waals surface area (Å²) in [5, 5.41) is 3.23. The normalized spacial score (nSPS) is 20.6. The summed E-state index contributed by atoms with van der Waals surface area (Å²) in [7, 11) is -1.46. The van der Waals surface area contributed by atoms with Crippen LogP contribution in [0, 0.1) is 0 Å². The van der Waals surface area contributed by atoms with Crippen LogP contribution in [0.1, 0.15) is 6.42 Å². The molecule has 1 saturated heterocycles. The standard InChI is InChI=1S/C12H14Cl2N2O3S/c1-16(8-5-6-20(18,19)7-8)12(17)15-10-4-2-3-9(13)11(10)14/h2-4,8H,5-7H2,1H3,(H,15,17). The number of anilines is 1. The molecular formula is C12H14Cl2N2O3S. The minimum atomic E-state index is -3.03. The van der Waals surface area contributed by atoms with Crippen LogP contribution in [0.3, 0.4) is 0 Å². The first-order valence-corrected chi connectivity index (χ1v) is 8.56. The van der Waals surface area contributed by atoms with Gasteiger partial charge < -0.3 is 10.2 Å². The van der Waals surface area contributed by atoms with E-state index in [0.29, 0.717) is 17.1 Å². The van der Waals surface area contributed by atoms with Crippen molar-refractivity contribution in [3.8, 4) is 0 Å². The highest BCUT2D eigenvalue weighted by atomic mass is 35.5. The van der Waals surface area contributed by atoms with E-state index >= 15 is 0 Å². The van der Waals surface area contributed by atoms with Crippen LogP contribution in [-0.4, -0.2) is 43.9 Å². The molecule has 0 aliphatic carbocycles. The van der Waals surface area contributed by atoms with Gasteiger partial charge in [0.1, 0.15) is 0 Å². The fourth-order valence-electron chi connectivity index (χ4n) is 2.05. The third-order valence-electron chi connectivity index (χ3n) is 3.27. The number of benzene rings is 1. The molecule has 5 nitrogen and oxygen atoms in total. The summed E-state index contributed by atoms with van der Waals surface area (Å²) < 4.78 is 22.9. The summed E-state index contributed by atoms with van der Waals surface area (Å²) >= 11 is 11.9. The Morgan fingerprint density at radius 2 is 2.10 bits per heavy atom. The molecule has 8 heteroatoms. The number of halogens is 2. The van der Waals surface area contributed by atoms with E-state index in [1.807, 2.05) is 0 Å². The number of urea groups is 1. The van der Waals surface area contributed by atoms with Crippen LogP contribution in [0.25, 0.3) is 0 Å². The Labute approximate surface area is 127 Å². The van der Waals surface area contributed by atoms with Gasteiger partial charge in [-0.2, -0.15) is 0 Å². The Hall–Kier alpha value is -0.980. The Morgan fingerprint density at radius 3 is 2.70 bits per heavy atom. The molecule has 2 amide bonds. The third kappa shape index (κ3) is 3.37. The van der Waals surface area contributed by atoms with Crippen molar-refractivity contribution >= 4 is 44.8 Å². The summed E-state index contributed by atoms with van der Waals surface area (Å²) in [6.07, 6.45) is 0.454. The second-order valence-electron chi connectivity index (χ2n) is 4.70. The van der Waals surface area contributed by atoms with Crippen LogP contribution in [0.15, 0.2) is 18.2 Å². The molecule has 1 aromatic rings. The van der Waals surface area contributed by atoms with Gasteiger partial charge in [-0.1, -0.05) is 29.3 Å².